The minimum atomic E-state index is -0.362. The Morgan fingerprint density at radius 2 is 1.87 bits per heavy atom. The number of benzene rings is 1. The molecule has 3 aromatic rings. The number of thioether (sulfide) groups is 1. The molecule has 0 radical (unpaired) electrons. The maximum absolute atomic E-state index is 12.8. The van der Waals surface area contributed by atoms with Crippen molar-refractivity contribution in [2.24, 2.45) is 0 Å². The number of hydrogen-bond acceptors (Lipinski definition) is 5. The summed E-state index contributed by atoms with van der Waals surface area (Å²) in [6.45, 7) is 0.168. The van der Waals surface area contributed by atoms with E-state index in [2.05, 4.69) is 10.6 Å². The molecule has 0 saturated heterocycles. The smallest absolute Gasteiger partial charge is 0.287 e. The Hall–Kier alpha value is -2.67. The largest absolute Gasteiger partial charge is 0.467 e. The molecule has 1 aliphatic carbocycles. The van der Waals surface area contributed by atoms with Crippen molar-refractivity contribution in [3.63, 3.8) is 0 Å². The summed E-state index contributed by atoms with van der Waals surface area (Å²) >= 11 is 1.90. The highest BCUT2D eigenvalue weighted by Crippen LogP contribution is 2.34. The molecule has 1 aromatic carbocycles. The normalized spacial score (nSPS) is 14.7. The van der Waals surface area contributed by atoms with E-state index in [9.17, 15) is 9.59 Å². The summed E-state index contributed by atoms with van der Waals surface area (Å²) < 4.78 is 11.1. The van der Waals surface area contributed by atoms with Crippen LogP contribution in [0.4, 0.5) is 0 Å². The van der Waals surface area contributed by atoms with Crippen LogP contribution in [0.5, 0.6) is 0 Å². The summed E-state index contributed by atoms with van der Waals surface area (Å²) in [7, 11) is 0. The van der Waals surface area contributed by atoms with E-state index in [0.717, 1.165) is 16.7 Å². The molecule has 2 N–H and O–H groups in total. The molecule has 0 spiro atoms. The quantitative estimate of drug-likeness (QED) is 0.548. The van der Waals surface area contributed by atoms with E-state index in [1.54, 1.807) is 18.4 Å². The number of furan rings is 2. The Bertz CT molecular complexity index is 990. The van der Waals surface area contributed by atoms with Gasteiger partial charge in [0, 0.05) is 22.0 Å². The number of nitrogens with one attached hydrogen (secondary N) is 2. The summed E-state index contributed by atoms with van der Waals surface area (Å²) in [5, 5.41) is 7.00. The van der Waals surface area contributed by atoms with Crippen molar-refractivity contribution >= 4 is 34.5 Å². The van der Waals surface area contributed by atoms with E-state index in [0.29, 0.717) is 22.4 Å². The van der Waals surface area contributed by atoms with Crippen molar-refractivity contribution in [3.8, 4) is 0 Å². The number of hydrogen-bond donors (Lipinski definition) is 2. The van der Waals surface area contributed by atoms with Gasteiger partial charge < -0.3 is 19.5 Å². The van der Waals surface area contributed by atoms with Gasteiger partial charge in [-0.3, -0.25) is 9.59 Å². The van der Waals surface area contributed by atoms with E-state index >= 15 is 0 Å². The first-order chi connectivity index (χ1) is 14.7. The van der Waals surface area contributed by atoms with Crippen LogP contribution in [0.15, 0.2) is 51.5 Å². The molecule has 1 aliphatic rings. The van der Waals surface area contributed by atoms with Crippen molar-refractivity contribution in [2.75, 3.05) is 6.54 Å². The van der Waals surface area contributed by atoms with Crippen LogP contribution >= 0.6 is 11.8 Å². The Balaban J connectivity index is 1.40. The average molecular weight is 427 g/mol. The molecule has 6 nitrogen and oxygen atoms in total. The molecule has 0 unspecified atom stereocenters. The molecule has 2 heterocycles. The summed E-state index contributed by atoms with van der Waals surface area (Å²) in [5.41, 5.74) is 1.61. The van der Waals surface area contributed by atoms with E-state index in [-0.39, 0.29) is 24.9 Å². The lowest BCUT2D eigenvalue weighted by molar-refractivity contribution is -0.120. The number of carbonyl (C=O) groups is 2. The van der Waals surface area contributed by atoms with E-state index in [4.69, 9.17) is 8.83 Å². The van der Waals surface area contributed by atoms with Gasteiger partial charge in [-0.1, -0.05) is 37.5 Å². The van der Waals surface area contributed by atoms with E-state index in [1.165, 1.54) is 32.1 Å². The van der Waals surface area contributed by atoms with Gasteiger partial charge >= 0.3 is 0 Å². The lowest BCUT2D eigenvalue weighted by Crippen LogP contribution is -2.36. The predicted octanol–water partition coefficient (Wildman–Crippen LogP) is 4.64. The second-order valence-electron chi connectivity index (χ2n) is 7.52. The second-order valence-corrected chi connectivity index (χ2v) is 8.80. The lowest BCUT2D eigenvalue weighted by atomic mass is 10.0. The van der Waals surface area contributed by atoms with Gasteiger partial charge in [0.1, 0.15) is 11.3 Å². The highest BCUT2D eigenvalue weighted by molar-refractivity contribution is 7.99. The summed E-state index contributed by atoms with van der Waals surface area (Å²) in [5.74, 6) is 1.05. The van der Waals surface area contributed by atoms with Crippen LogP contribution in [0.1, 0.15) is 54.0 Å². The first kappa shape index (κ1) is 20.6. The zero-order chi connectivity index (χ0) is 20.8. The molecule has 158 valence electrons. The minimum Gasteiger partial charge on any atom is -0.467 e. The number of carbonyl (C=O) groups excluding carboxylic acids is 2. The van der Waals surface area contributed by atoms with Crippen molar-refractivity contribution < 1.29 is 18.4 Å². The summed E-state index contributed by atoms with van der Waals surface area (Å²) in [6.07, 6.45) is 7.91. The summed E-state index contributed by atoms with van der Waals surface area (Å²) in [4.78, 5) is 24.9. The SMILES string of the molecule is O=C(CNC(=O)c1oc2ccccc2c1CSC1CCCCC1)NCc1ccco1. The maximum Gasteiger partial charge on any atom is 0.287 e. The van der Waals surface area contributed by atoms with Crippen LogP contribution < -0.4 is 10.6 Å². The predicted molar refractivity (Wildman–Crippen MR) is 117 cm³/mol. The molecule has 2 amide bonds. The molecular weight excluding hydrogens is 400 g/mol. The monoisotopic (exact) mass is 426 g/mol. The number of para-hydroxylation sites is 1. The Morgan fingerprint density at radius 1 is 1.03 bits per heavy atom. The zero-order valence-electron chi connectivity index (χ0n) is 16.8. The van der Waals surface area contributed by atoms with Crippen LogP contribution in [0.25, 0.3) is 11.0 Å². The Labute approximate surface area is 179 Å². The molecular formula is C23H26N2O4S. The van der Waals surface area contributed by atoms with Crippen molar-refractivity contribution in [1.82, 2.24) is 10.6 Å². The Kier molecular flexibility index (Phi) is 6.79. The van der Waals surface area contributed by atoms with Gasteiger partial charge in [-0.25, -0.2) is 0 Å². The van der Waals surface area contributed by atoms with Crippen molar-refractivity contribution in [3.05, 3.63) is 59.7 Å². The standard InChI is InChI=1S/C23H26N2O4S/c26-21(24-13-16-7-6-12-28-16)14-25-23(27)22-19(15-30-17-8-2-1-3-9-17)18-10-4-5-11-20(18)29-22/h4-7,10-12,17H,1-3,8-9,13-15H2,(H,24,26)(H,25,27). The third-order valence-electron chi connectivity index (χ3n) is 5.37. The first-order valence-electron chi connectivity index (χ1n) is 10.4. The molecule has 1 fully saturated rings. The van der Waals surface area contributed by atoms with Gasteiger partial charge in [0.15, 0.2) is 5.76 Å². The molecule has 1 saturated carbocycles. The van der Waals surface area contributed by atoms with Crippen LogP contribution in [0.3, 0.4) is 0 Å². The van der Waals surface area contributed by atoms with Gasteiger partial charge in [0.2, 0.25) is 5.91 Å². The van der Waals surface area contributed by atoms with Crippen LogP contribution in [0, 0.1) is 0 Å². The first-order valence-corrected chi connectivity index (χ1v) is 11.4. The molecule has 7 heteroatoms. The third kappa shape index (κ3) is 5.08. The molecule has 4 rings (SSSR count). The van der Waals surface area contributed by atoms with Gasteiger partial charge in [-0.2, -0.15) is 11.8 Å². The van der Waals surface area contributed by atoms with E-state index in [1.807, 2.05) is 36.0 Å². The minimum absolute atomic E-state index is 0.119. The van der Waals surface area contributed by atoms with Gasteiger partial charge in [-0.15, -0.1) is 0 Å². The Morgan fingerprint density at radius 3 is 2.67 bits per heavy atom. The summed E-state index contributed by atoms with van der Waals surface area (Å²) in [6, 6.07) is 11.3. The topological polar surface area (TPSA) is 84.5 Å². The maximum atomic E-state index is 12.8. The highest BCUT2D eigenvalue weighted by atomic mass is 32.2. The van der Waals surface area contributed by atoms with Crippen LogP contribution in [-0.2, 0) is 17.1 Å². The highest BCUT2D eigenvalue weighted by Gasteiger charge is 2.23. The van der Waals surface area contributed by atoms with Crippen molar-refractivity contribution in [2.45, 2.75) is 49.7 Å². The second kappa shape index (κ2) is 9.89. The fourth-order valence-corrected chi connectivity index (χ4v) is 5.12. The van der Waals surface area contributed by atoms with Crippen LogP contribution in [0.2, 0.25) is 0 Å². The molecule has 0 aliphatic heterocycles. The molecule has 0 atom stereocenters. The van der Waals surface area contributed by atoms with Gasteiger partial charge in [-0.05, 0) is 31.0 Å². The van der Waals surface area contributed by atoms with E-state index < -0.39 is 0 Å². The lowest BCUT2D eigenvalue weighted by Gasteiger charge is -2.20. The molecule has 0 bridgehead atoms. The molecule has 30 heavy (non-hydrogen) atoms. The average Bonchev–Trinajstić information content (AvgIpc) is 3.43. The third-order valence-corrected chi connectivity index (χ3v) is 6.77. The fraction of sp³-hybridized carbons (Fsp3) is 0.391. The molecule has 2 aromatic heterocycles. The zero-order valence-corrected chi connectivity index (χ0v) is 17.6. The number of amides is 2. The van der Waals surface area contributed by atoms with Gasteiger partial charge in [0.05, 0.1) is 19.4 Å². The van der Waals surface area contributed by atoms with Gasteiger partial charge in [0.25, 0.3) is 5.91 Å². The number of rotatable bonds is 8. The number of fused-ring (bicyclic) bond motifs is 1. The van der Waals surface area contributed by atoms with Crippen LogP contribution in [-0.4, -0.2) is 23.6 Å². The fourth-order valence-electron chi connectivity index (χ4n) is 3.76. The van der Waals surface area contributed by atoms with Crippen molar-refractivity contribution in [1.29, 1.82) is 0 Å².